The molecule has 1 aromatic heterocycles. The summed E-state index contributed by atoms with van der Waals surface area (Å²) in [6, 6.07) is 0.333. The number of halogens is 1. The first-order valence-electron chi connectivity index (χ1n) is 9.17. The molecule has 2 saturated heterocycles. The Hall–Kier alpha value is -1.23. The number of aliphatic hydroxyl groups excluding tert-OH is 1. The van der Waals surface area contributed by atoms with Crippen molar-refractivity contribution in [2.45, 2.75) is 35.4 Å². The van der Waals surface area contributed by atoms with Crippen LogP contribution in [0.4, 0.5) is 0 Å². The van der Waals surface area contributed by atoms with Crippen LogP contribution < -0.4 is 0 Å². The molecule has 0 saturated carbocycles. The van der Waals surface area contributed by atoms with Crippen molar-refractivity contribution in [1.29, 1.82) is 0 Å². The molecule has 1 aromatic rings. The van der Waals surface area contributed by atoms with Gasteiger partial charge in [-0.1, -0.05) is 23.4 Å². The zero-order valence-corrected chi connectivity index (χ0v) is 17.1. The average Bonchev–Trinajstić information content (AvgIpc) is 3.13. The van der Waals surface area contributed by atoms with Gasteiger partial charge in [-0.05, 0) is 12.5 Å². The molecule has 4 heterocycles. The third-order valence-electron chi connectivity index (χ3n) is 5.03. The number of aromatic nitrogens is 2. The lowest BCUT2D eigenvalue weighted by molar-refractivity contribution is -0.0418. The molecule has 4 atom stereocenters. The number of nitrogens with zero attached hydrogens (tertiary/aromatic N) is 4. The number of hydrogen-bond donors (Lipinski definition) is 1. The van der Waals surface area contributed by atoms with Gasteiger partial charge in [-0.2, -0.15) is 0 Å². The van der Waals surface area contributed by atoms with Gasteiger partial charge in [0.15, 0.2) is 5.15 Å². The molecule has 1 N–H and O–H groups in total. The summed E-state index contributed by atoms with van der Waals surface area (Å²) in [6.45, 7) is 2.34. The highest BCUT2D eigenvalue weighted by molar-refractivity contribution is 8.00. The number of aliphatic imine (C=N–C) groups is 1. The van der Waals surface area contributed by atoms with E-state index in [2.05, 4.69) is 19.9 Å². The Bertz CT molecular complexity index is 765. The van der Waals surface area contributed by atoms with Crippen LogP contribution in [0.3, 0.4) is 0 Å². The zero-order valence-electron chi connectivity index (χ0n) is 15.5. The van der Waals surface area contributed by atoms with Gasteiger partial charge < -0.3 is 24.2 Å². The molecule has 0 amide bonds. The maximum atomic E-state index is 9.36. The second kappa shape index (κ2) is 9.06. The summed E-state index contributed by atoms with van der Waals surface area (Å²) < 4.78 is 16.7. The van der Waals surface area contributed by atoms with Crippen LogP contribution in [0.5, 0.6) is 0 Å². The minimum atomic E-state index is -0.241. The van der Waals surface area contributed by atoms with E-state index in [0.29, 0.717) is 42.7 Å². The minimum absolute atomic E-state index is 0.0271. The van der Waals surface area contributed by atoms with Gasteiger partial charge >= 0.3 is 0 Å². The van der Waals surface area contributed by atoms with Crippen molar-refractivity contribution in [2.75, 3.05) is 33.7 Å². The molecule has 0 aliphatic carbocycles. The maximum absolute atomic E-state index is 9.36. The molecule has 4 rings (SSSR count). The molecule has 3 unspecified atom stereocenters. The number of ether oxygens (including phenoxy) is 3. The number of methoxy groups -OCH3 is 1. The molecule has 0 aromatic carbocycles. The van der Waals surface area contributed by atoms with Crippen molar-refractivity contribution in [3.8, 4) is 0 Å². The van der Waals surface area contributed by atoms with E-state index in [-0.39, 0.29) is 23.1 Å². The number of fused-ring (bicyclic) bond motifs is 3. The topological polar surface area (TPSA) is 89.3 Å². The second-order valence-corrected chi connectivity index (χ2v) is 8.51. The lowest BCUT2D eigenvalue weighted by Crippen LogP contribution is -2.54. The first-order chi connectivity index (χ1) is 13.7. The largest absolute Gasteiger partial charge is 0.390 e. The van der Waals surface area contributed by atoms with Crippen LogP contribution in [0.15, 0.2) is 28.5 Å². The number of morpholine rings is 1. The lowest BCUT2D eigenvalue weighted by atomic mass is 10.1. The van der Waals surface area contributed by atoms with E-state index in [1.165, 1.54) is 11.8 Å². The molecule has 3 aliphatic rings. The number of aliphatic hydroxyl groups is 1. The maximum Gasteiger partial charge on any atom is 0.152 e. The Kier molecular flexibility index (Phi) is 6.49. The van der Waals surface area contributed by atoms with Crippen LogP contribution in [0, 0.1) is 5.92 Å². The summed E-state index contributed by atoms with van der Waals surface area (Å²) in [5, 5.41) is 10.3. The monoisotopic (exact) mass is 426 g/mol. The molecule has 28 heavy (non-hydrogen) atoms. The van der Waals surface area contributed by atoms with Crippen LogP contribution in [-0.4, -0.2) is 76.9 Å². The third-order valence-corrected chi connectivity index (χ3v) is 6.46. The molecule has 152 valence electrons. The standard InChI is InChI=1S/C18H23ClN4O4S/c1-25-10-26-8-11-4-12-9-27-16-14(2-3-20-18(16)23(12)6-11)28-15-5-21-17(19)13(7-24)22-15/h2-3,5,11-12,14,16,24H,4,6-10H2,1H3/t11?,12-,14?,16?/m0/s1. The summed E-state index contributed by atoms with van der Waals surface area (Å²) >= 11 is 7.48. The van der Waals surface area contributed by atoms with E-state index in [1.54, 1.807) is 13.3 Å². The first-order valence-corrected chi connectivity index (χ1v) is 10.4. The van der Waals surface area contributed by atoms with Crippen LogP contribution >= 0.6 is 23.4 Å². The van der Waals surface area contributed by atoms with Gasteiger partial charge in [0.05, 0.1) is 37.3 Å². The van der Waals surface area contributed by atoms with E-state index in [9.17, 15) is 5.11 Å². The minimum Gasteiger partial charge on any atom is -0.390 e. The summed E-state index contributed by atoms with van der Waals surface area (Å²) in [7, 11) is 1.63. The highest BCUT2D eigenvalue weighted by Crippen LogP contribution is 2.36. The Morgan fingerprint density at radius 2 is 2.36 bits per heavy atom. The fourth-order valence-corrected chi connectivity index (χ4v) is 4.99. The normalized spacial score (nSPS) is 28.8. The molecular formula is C18H23ClN4O4S. The number of thioether (sulfide) groups is 1. The summed E-state index contributed by atoms with van der Waals surface area (Å²) in [6.07, 6.45) is 6.36. The van der Waals surface area contributed by atoms with E-state index in [1.807, 2.05) is 12.3 Å². The van der Waals surface area contributed by atoms with E-state index >= 15 is 0 Å². The quantitative estimate of drug-likeness (QED) is 0.520. The van der Waals surface area contributed by atoms with Crippen molar-refractivity contribution in [3.63, 3.8) is 0 Å². The van der Waals surface area contributed by atoms with Crippen molar-refractivity contribution in [2.24, 2.45) is 10.9 Å². The Labute approximate surface area is 172 Å². The van der Waals surface area contributed by atoms with Crippen molar-refractivity contribution < 1.29 is 19.3 Å². The highest BCUT2D eigenvalue weighted by atomic mass is 35.5. The molecule has 0 spiro atoms. The van der Waals surface area contributed by atoms with Gasteiger partial charge in [0.25, 0.3) is 0 Å². The Balaban J connectivity index is 1.43. The smallest absolute Gasteiger partial charge is 0.152 e. The van der Waals surface area contributed by atoms with E-state index in [4.69, 9.17) is 25.8 Å². The van der Waals surface area contributed by atoms with Gasteiger partial charge in [-0.15, -0.1) is 0 Å². The SMILES string of the molecule is COCOCC1C[C@H]2COC3C(=NC=CC3Sc3cnc(Cl)c(CO)n3)N2C1. The van der Waals surface area contributed by atoms with Crippen LogP contribution in [0.2, 0.25) is 5.15 Å². The Morgan fingerprint density at radius 3 is 3.18 bits per heavy atom. The van der Waals surface area contributed by atoms with Gasteiger partial charge in [0, 0.05) is 25.8 Å². The lowest BCUT2D eigenvalue weighted by Gasteiger charge is -2.41. The fourth-order valence-electron chi connectivity index (χ4n) is 3.81. The van der Waals surface area contributed by atoms with Gasteiger partial charge in [-0.25, -0.2) is 15.0 Å². The average molecular weight is 427 g/mol. The zero-order chi connectivity index (χ0) is 19.5. The number of rotatable bonds is 7. The van der Waals surface area contributed by atoms with Gasteiger partial charge in [-0.3, -0.25) is 0 Å². The molecule has 0 bridgehead atoms. The molecule has 8 nitrogen and oxygen atoms in total. The third kappa shape index (κ3) is 4.19. The summed E-state index contributed by atoms with van der Waals surface area (Å²) in [5.74, 6) is 1.41. The van der Waals surface area contributed by atoms with Crippen molar-refractivity contribution in [3.05, 3.63) is 29.3 Å². The molecule has 0 radical (unpaired) electrons. The van der Waals surface area contributed by atoms with Crippen LogP contribution in [0.1, 0.15) is 12.1 Å². The molecule has 2 fully saturated rings. The summed E-state index contributed by atoms with van der Waals surface area (Å²) in [4.78, 5) is 15.5. The Morgan fingerprint density at radius 1 is 1.46 bits per heavy atom. The second-order valence-electron chi connectivity index (χ2n) is 6.95. The van der Waals surface area contributed by atoms with Gasteiger partial charge in [0.1, 0.15) is 29.5 Å². The highest BCUT2D eigenvalue weighted by Gasteiger charge is 2.44. The van der Waals surface area contributed by atoms with Crippen LogP contribution in [0.25, 0.3) is 0 Å². The predicted octanol–water partition coefficient (Wildman–Crippen LogP) is 1.72. The van der Waals surface area contributed by atoms with Crippen LogP contribution in [-0.2, 0) is 20.8 Å². The fraction of sp³-hybridized carbons (Fsp3) is 0.611. The molecule has 10 heteroatoms. The molecule has 3 aliphatic heterocycles. The van der Waals surface area contributed by atoms with Crippen molar-refractivity contribution in [1.82, 2.24) is 14.9 Å². The molecular weight excluding hydrogens is 404 g/mol. The number of amidine groups is 1. The van der Waals surface area contributed by atoms with E-state index in [0.717, 1.165) is 18.8 Å². The summed E-state index contributed by atoms with van der Waals surface area (Å²) in [5.41, 5.74) is 0.378. The van der Waals surface area contributed by atoms with Crippen molar-refractivity contribution >= 4 is 29.2 Å². The van der Waals surface area contributed by atoms with E-state index < -0.39 is 0 Å². The first kappa shape index (κ1) is 20.1. The van der Waals surface area contributed by atoms with Gasteiger partial charge in [0.2, 0.25) is 0 Å². The number of hydrogen-bond acceptors (Lipinski definition) is 9. The predicted molar refractivity (Wildman–Crippen MR) is 105 cm³/mol.